The van der Waals surface area contributed by atoms with E-state index in [1.165, 1.54) is 0 Å². The highest BCUT2D eigenvalue weighted by atomic mass is 16.1. The van der Waals surface area contributed by atoms with Crippen molar-refractivity contribution in [1.82, 2.24) is 0 Å². The standard InChI is InChI=1S/C7H13NO/c1-3-5-6(4-2)7(8)9/h5H,3-4H2,1-2H3,(H2,8,9)/b6-5+. The van der Waals surface area contributed by atoms with Crippen molar-refractivity contribution in [1.29, 1.82) is 0 Å². The Hall–Kier alpha value is -0.790. The van der Waals surface area contributed by atoms with Gasteiger partial charge in [-0.25, -0.2) is 0 Å². The minimum absolute atomic E-state index is 0.292. The van der Waals surface area contributed by atoms with E-state index in [0.717, 1.165) is 18.4 Å². The van der Waals surface area contributed by atoms with Gasteiger partial charge in [0.05, 0.1) is 0 Å². The summed E-state index contributed by atoms with van der Waals surface area (Å²) in [6, 6.07) is 0. The molecular formula is C7H13NO. The number of amides is 1. The third-order valence-corrected chi connectivity index (χ3v) is 1.15. The van der Waals surface area contributed by atoms with Crippen LogP contribution in [0.4, 0.5) is 0 Å². The lowest BCUT2D eigenvalue weighted by Gasteiger charge is -1.94. The van der Waals surface area contributed by atoms with Crippen LogP contribution in [-0.4, -0.2) is 5.91 Å². The van der Waals surface area contributed by atoms with Crippen molar-refractivity contribution in [3.05, 3.63) is 11.6 Å². The predicted octanol–water partition coefficient (Wildman–Crippen LogP) is 1.22. The van der Waals surface area contributed by atoms with E-state index < -0.39 is 0 Å². The van der Waals surface area contributed by atoms with Crippen molar-refractivity contribution in [3.63, 3.8) is 0 Å². The summed E-state index contributed by atoms with van der Waals surface area (Å²) >= 11 is 0. The summed E-state index contributed by atoms with van der Waals surface area (Å²) in [5.41, 5.74) is 5.76. The molecule has 0 bridgehead atoms. The van der Waals surface area contributed by atoms with Crippen LogP contribution >= 0.6 is 0 Å². The van der Waals surface area contributed by atoms with Gasteiger partial charge >= 0.3 is 0 Å². The number of carbonyl (C=O) groups excluding carboxylic acids is 1. The summed E-state index contributed by atoms with van der Waals surface area (Å²) in [6.45, 7) is 3.91. The van der Waals surface area contributed by atoms with Crippen molar-refractivity contribution in [2.24, 2.45) is 5.73 Å². The zero-order chi connectivity index (χ0) is 7.28. The van der Waals surface area contributed by atoms with Gasteiger partial charge in [-0.2, -0.15) is 0 Å². The molecule has 2 N–H and O–H groups in total. The molecule has 0 aromatic heterocycles. The fourth-order valence-electron chi connectivity index (χ4n) is 0.666. The maximum atomic E-state index is 10.5. The molecule has 0 aliphatic rings. The Morgan fingerprint density at radius 1 is 1.56 bits per heavy atom. The number of carbonyl (C=O) groups is 1. The molecule has 0 saturated heterocycles. The van der Waals surface area contributed by atoms with Gasteiger partial charge in [-0.3, -0.25) is 4.79 Å². The molecule has 52 valence electrons. The van der Waals surface area contributed by atoms with E-state index >= 15 is 0 Å². The Morgan fingerprint density at radius 2 is 2.11 bits per heavy atom. The van der Waals surface area contributed by atoms with E-state index in [9.17, 15) is 4.79 Å². The highest BCUT2D eigenvalue weighted by Crippen LogP contribution is 1.99. The molecule has 1 amide bonds. The molecule has 0 aromatic carbocycles. The normalized spacial score (nSPS) is 11.6. The van der Waals surface area contributed by atoms with Gasteiger partial charge in [-0.15, -0.1) is 0 Å². The minimum atomic E-state index is -0.292. The van der Waals surface area contributed by atoms with Gasteiger partial charge in [0.2, 0.25) is 5.91 Å². The molecule has 0 heterocycles. The number of nitrogens with two attached hydrogens (primary N) is 1. The fourth-order valence-corrected chi connectivity index (χ4v) is 0.666. The lowest BCUT2D eigenvalue weighted by atomic mass is 10.1. The molecule has 0 unspecified atom stereocenters. The molecule has 0 aliphatic carbocycles. The predicted molar refractivity (Wildman–Crippen MR) is 37.9 cm³/mol. The van der Waals surface area contributed by atoms with E-state index in [4.69, 9.17) is 5.73 Å². The Balaban J connectivity index is 3.98. The maximum absolute atomic E-state index is 10.5. The first kappa shape index (κ1) is 8.21. The molecule has 0 spiro atoms. The summed E-state index contributed by atoms with van der Waals surface area (Å²) in [4.78, 5) is 10.5. The lowest BCUT2D eigenvalue weighted by molar-refractivity contribution is -0.114. The SMILES string of the molecule is CC/C=C(\CC)C(N)=O. The van der Waals surface area contributed by atoms with Gasteiger partial charge in [0, 0.05) is 5.57 Å². The highest BCUT2D eigenvalue weighted by molar-refractivity contribution is 5.91. The first-order valence-electron chi connectivity index (χ1n) is 3.21. The van der Waals surface area contributed by atoms with Gasteiger partial charge in [-0.05, 0) is 12.8 Å². The van der Waals surface area contributed by atoms with Crippen LogP contribution in [0.3, 0.4) is 0 Å². The van der Waals surface area contributed by atoms with E-state index in [1.54, 1.807) is 0 Å². The second-order valence-electron chi connectivity index (χ2n) is 1.86. The van der Waals surface area contributed by atoms with Crippen LogP contribution in [0.1, 0.15) is 26.7 Å². The minimum Gasteiger partial charge on any atom is -0.366 e. The molecule has 0 saturated carbocycles. The summed E-state index contributed by atoms with van der Waals surface area (Å²) in [6.07, 6.45) is 3.48. The number of rotatable bonds is 3. The first-order chi connectivity index (χ1) is 4.22. The van der Waals surface area contributed by atoms with Crippen molar-refractivity contribution in [3.8, 4) is 0 Å². The molecule has 0 fully saturated rings. The molecule has 9 heavy (non-hydrogen) atoms. The molecule has 0 rings (SSSR count). The summed E-state index contributed by atoms with van der Waals surface area (Å²) in [5, 5.41) is 0. The molecule has 2 heteroatoms. The summed E-state index contributed by atoms with van der Waals surface area (Å²) in [7, 11) is 0. The van der Waals surface area contributed by atoms with E-state index in [0.29, 0.717) is 0 Å². The molecule has 0 atom stereocenters. The van der Waals surface area contributed by atoms with Crippen molar-refractivity contribution >= 4 is 5.91 Å². The monoisotopic (exact) mass is 127 g/mol. The van der Waals surface area contributed by atoms with Crippen LogP contribution in [0.25, 0.3) is 0 Å². The molecule has 2 nitrogen and oxygen atoms in total. The topological polar surface area (TPSA) is 43.1 Å². The van der Waals surface area contributed by atoms with Gasteiger partial charge in [0.1, 0.15) is 0 Å². The Kier molecular flexibility index (Phi) is 3.76. The van der Waals surface area contributed by atoms with Crippen LogP contribution < -0.4 is 5.73 Å². The average molecular weight is 127 g/mol. The molecular weight excluding hydrogens is 114 g/mol. The van der Waals surface area contributed by atoms with Crippen LogP contribution in [0.5, 0.6) is 0 Å². The Bertz CT molecular complexity index is 127. The van der Waals surface area contributed by atoms with E-state index in [-0.39, 0.29) is 5.91 Å². The van der Waals surface area contributed by atoms with Crippen LogP contribution in [0.15, 0.2) is 11.6 Å². The zero-order valence-corrected chi connectivity index (χ0v) is 5.98. The summed E-state index contributed by atoms with van der Waals surface area (Å²) < 4.78 is 0. The van der Waals surface area contributed by atoms with Crippen LogP contribution in [0.2, 0.25) is 0 Å². The quantitative estimate of drug-likeness (QED) is 0.569. The second kappa shape index (κ2) is 4.13. The number of allylic oxidation sites excluding steroid dienone is 1. The van der Waals surface area contributed by atoms with E-state index in [1.807, 2.05) is 19.9 Å². The molecule has 0 radical (unpaired) electrons. The average Bonchev–Trinajstić information content (AvgIpc) is 1.82. The smallest absolute Gasteiger partial charge is 0.244 e. The molecule has 0 aliphatic heterocycles. The zero-order valence-electron chi connectivity index (χ0n) is 5.98. The van der Waals surface area contributed by atoms with E-state index in [2.05, 4.69) is 0 Å². The van der Waals surface area contributed by atoms with Gasteiger partial charge in [-0.1, -0.05) is 19.9 Å². The number of hydrogen-bond acceptors (Lipinski definition) is 1. The van der Waals surface area contributed by atoms with Gasteiger partial charge in [0.25, 0.3) is 0 Å². The number of primary amides is 1. The fraction of sp³-hybridized carbons (Fsp3) is 0.571. The highest BCUT2D eigenvalue weighted by Gasteiger charge is 1.97. The maximum Gasteiger partial charge on any atom is 0.244 e. The largest absolute Gasteiger partial charge is 0.366 e. The third-order valence-electron chi connectivity index (χ3n) is 1.15. The Morgan fingerprint density at radius 3 is 2.22 bits per heavy atom. The van der Waals surface area contributed by atoms with Crippen molar-refractivity contribution in [2.75, 3.05) is 0 Å². The van der Waals surface area contributed by atoms with Crippen LogP contribution in [0, 0.1) is 0 Å². The first-order valence-corrected chi connectivity index (χ1v) is 3.21. The van der Waals surface area contributed by atoms with Crippen molar-refractivity contribution < 1.29 is 4.79 Å². The third kappa shape index (κ3) is 2.90. The van der Waals surface area contributed by atoms with Crippen molar-refractivity contribution in [2.45, 2.75) is 26.7 Å². The number of hydrogen-bond donors (Lipinski definition) is 1. The second-order valence-corrected chi connectivity index (χ2v) is 1.86. The van der Waals surface area contributed by atoms with Gasteiger partial charge < -0.3 is 5.73 Å². The molecule has 0 aromatic rings. The van der Waals surface area contributed by atoms with Gasteiger partial charge in [0.15, 0.2) is 0 Å². The summed E-state index contributed by atoms with van der Waals surface area (Å²) in [5.74, 6) is -0.292. The lowest BCUT2D eigenvalue weighted by Crippen LogP contribution is -2.13. The van der Waals surface area contributed by atoms with Crippen LogP contribution in [-0.2, 0) is 4.79 Å². The Labute approximate surface area is 55.7 Å².